The molecule has 0 aromatic heterocycles. The van der Waals surface area contributed by atoms with Gasteiger partial charge < -0.3 is 15.2 Å². The quantitative estimate of drug-likeness (QED) is 0.435. The Labute approximate surface area is 59.6 Å². The fourth-order valence-electron chi connectivity index (χ4n) is 0.419. The summed E-state index contributed by atoms with van der Waals surface area (Å²) >= 11 is 0. The molecule has 0 unspecified atom stereocenters. The van der Waals surface area contributed by atoms with Crippen molar-refractivity contribution >= 4 is 5.97 Å². The highest BCUT2D eigenvalue weighted by Gasteiger charge is 1.95. The van der Waals surface area contributed by atoms with E-state index in [0.29, 0.717) is 5.70 Å². The first-order valence-electron chi connectivity index (χ1n) is 2.73. The van der Waals surface area contributed by atoms with Gasteiger partial charge in [0.2, 0.25) is 0 Å². The van der Waals surface area contributed by atoms with Crippen molar-refractivity contribution in [3.05, 3.63) is 11.8 Å². The summed E-state index contributed by atoms with van der Waals surface area (Å²) in [6, 6.07) is 0. The monoisotopic (exact) mass is 145 g/mol. The molecule has 0 radical (unpaired) electrons. The average Bonchev–Trinajstić information content (AvgIpc) is 1.88. The normalized spacial score (nSPS) is 11.2. The summed E-state index contributed by atoms with van der Waals surface area (Å²) in [5.74, 6) is -0.463. The third-order valence-electron chi connectivity index (χ3n) is 0.815. The van der Waals surface area contributed by atoms with Crippen molar-refractivity contribution in [3.63, 3.8) is 0 Å². The van der Waals surface area contributed by atoms with E-state index in [1.165, 1.54) is 20.3 Å². The van der Waals surface area contributed by atoms with Crippen LogP contribution in [0, 0.1) is 0 Å². The average molecular weight is 145 g/mol. The van der Waals surface area contributed by atoms with Gasteiger partial charge >= 0.3 is 5.97 Å². The van der Waals surface area contributed by atoms with Gasteiger partial charge in [0.05, 0.1) is 13.7 Å². The molecule has 0 aromatic rings. The molecule has 0 fully saturated rings. The molecule has 0 aromatic carbocycles. The van der Waals surface area contributed by atoms with Gasteiger partial charge in [0, 0.05) is 18.9 Å². The standard InChI is InChI=1S/C6H11NO3/c1-9-4-5(7)3-6(8)10-2/h3H,4,7H2,1-2H3. The SMILES string of the molecule is COCC(N)=CC(=O)OC. The van der Waals surface area contributed by atoms with Gasteiger partial charge in [-0.1, -0.05) is 0 Å². The second kappa shape index (κ2) is 4.81. The summed E-state index contributed by atoms with van der Waals surface area (Å²) in [5, 5.41) is 0. The summed E-state index contributed by atoms with van der Waals surface area (Å²) < 4.78 is 8.96. The number of hydrogen-bond donors (Lipinski definition) is 1. The number of carbonyl (C=O) groups is 1. The molecule has 4 nitrogen and oxygen atoms in total. The van der Waals surface area contributed by atoms with Crippen LogP contribution in [0.2, 0.25) is 0 Å². The number of hydrogen-bond acceptors (Lipinski definition) is 4. The van der Waals surface area contributed by atoms with Crippen LogP contribution in [0.5, 0.6) is 0 Å². The fourth-order valence-corrected chi connectivity index (χ4v) is 0.419. The molecule has 0 aliphatic rings. The molecule has 0 saturated carbocycles. The predicted molar refractivity (Wildman–Crippen MR) is 36.2 cm³/mol. The van der Waals surface area contributed by atoms with Gasteiger partial charge in [-0.25, -0.2) is 4.79 Å². The van der Waals surface area contributed by atoms with Crippen LogP contribution in [0.15, 0.2) is 11.8 Å². The molecule has 2 N–H and O–H groups in total. The van der Waals surface area contributed by atoms with E-state index in [0.717, 1.165) is 0 Å². The highest BCUT2D eigenvalue weighted by Crippen LogP contribution is 1.85. The molecule has 0 atom stereocenters. The molecular formula is C6H11NO3. The second-order valence-electron chi connectivity index (χ2n) is 1.68. The van der Waals surface area contributed by atoms with Gasteiger partial charge in [-0.15, -0.1) is 0 Å². The van der Waals surface area contributed by atoms with Crippen LogP contribution >= 0.6 is 0 Å². The Hall–Kier alpha value is -1.03. The van der Waals surface area contributed by atoms with Crippen molar-refractivity contribution in [3.8, 4) is 0 Å². The van der Waals surface area contributed by atoms with Crippen molar-refractivity contribution in [2.45, 2.75) is 0 Å². The van der Waals surface area contributed by atoms with E-state index < -0.39 is 5.97 Å². The van der Waals surface area contributed by atoms with Crippen LogP contribution in [0.4, 0.5) is 0 Å². The van der Waals surface area contributed by atoms with Crippen LogP contribution in [0.1, 0.15) is 0 Å². The van der Waals surface area contributed by atoms with E-state index >= 15 is 0 Å². The fraction of sp³-hybridized carbons (Fsp3) is 0.500. The van der Waals surface area contributed by atoms with Crippen LogP contribution in [0.25, 0.3) is 0 Å². The van der Waals surface area contributed by atoms with E-state index in [1.807, 2.05) is 0 Å². The lowest BCUT2D eigenvalue weighted by molar-refractivity contribution is -0.134. The molecule has 10 heavy (non-hydrogen) atoms. The third kappa shape index (κ3) is 3.91. The summed E-state index contributed by atoms with van der Waals surface area (Å²) in [6.07, 6.45) is 1.18. The van der Waals surface area contributed by atoms with E-state index in [2.05, 4.69) is 9.47 Å². The van der Waals surface area contributed by atoms with Gasteiger partial charge in [-0.3, -0.25) is 0 Å². The van der Waals surface area contributed by atoms with E-state index in [4.69, 9.17) is 5.73 Å². The van der Waals surface area contributed by atoms with E-state index in [9.17, 15) is 4.79 Å². The lowest BCUT2D eigenvalue weighted by atomic mass is 10.4. The first kappa shape index (κ1) is 8.97. The molecule has 0 bridgehead atoms. The van der Waals surface area contributed by atoms with Gasteiger partial charge in [-0.2, -0.15) is 0 Å². The van der Waals surface area contributed by atoms with Crippen molar-refractivity contribution < 1.29 is 14.3 Å². The molecule has 0 rings (SSSR count). The zero-order valence-corrected chi connectivity index (χ0v) is 6.09. The zero-order valence-electron chi connectivity index (χ0n) is 6.09. The topological polar surface area (TPSA) is 61.5 Å². The second-order valence-corrected chi connectivity index (χ2v) is 1.68. The number of ether oxygens (including phenoxy) is 2. The molecule has 0 heterocycles. The highest BCUT2D eigenvalue weighted by molar-refractivity contribution is 5.82. The number of nitrogens with two attached hydrogens (primary N) is 1. The van der Waals surface area contributed by atoms with Crippen molar-refractivity contribution in [1.29, 1.82) is 0 Å². The maximum atomic E-state index is 10.5. The van der Waals surface area contributed by atoms with Crippen molar-refractivity contribution in [2.75, 3.05) is 20.8 Å². The first-order chi connectivity index (χ1) is 4.70. The van der Waals surface area contributed by atoms with Crippen LogP contribution in [0.3, 0.4) is 0 Å². The summed E-state index contributed by atoms with van der Waals surface area (Å²) in [6.45, 7) is 0.245. The molecule has 0 spiro atoms. The van der Waals surface area contributed by atoms with Gasteiger partial charge in [-0.05, 0) is 0 Å². The molecule has 58 valence electrons. The molecule has 0 saturated heterocycles. The minimum atomic E-state index is -0.463. The maximum absolute atomic E-state index is 10.5. The Kier molecular flexibility index (Phi) is 4.32. The summed E-state index contributed by atoms with van der Waals surface area (Å²) in [4.78, 5) is 10.5. The minimum Gasteiger partial charge on any atom is -0.466 e. The van der Waals surface area contributed by atoms with Gasteiger partial charge in [0.25, 0.3) is 0 Å². The lowest BCUT2D eigenvalue weighted by Gasteiger charge is -1.96. The number of carbonyl (C=O) groups excluding carboxylic acids is 1. The summed E-state index contributed by atoms with van der Waals surface area (Å²) in [7, 11) is 2.79. The first-order valence-corrected chi connectivity index (χ1v) is 2.73. The molecule has 0 amide bonds. The Balaban J connectivity index is 3.77. The number of esters is 1. The molecule has 0 aliphatic carbocycles. The highest BCUT2D eigenvalue weighted by atomic mass is 16.5. The number of methoxy groups -OCH3 is 2. The smallest absolute Gasteiger partial charge is 0.332 e. The lowest BCUT2D eigenvalue weighted by Crippen LogP contribution is -2.08. The van der Waals surface area contributed by atoms with E-state index in [-0.39, 0.29) is 6.61 Å². The third-order valence-corrected chi connectivity index (χ3v) is 0.815. The zero-order chi connectivity index (χ0) is 7.98. The largest absolute Gasteiger partial charge is 0.466 e. The summed E-state index contributed by atoms with van der Waals surface area (Å²) in [5.41, 5.74) is 5.65. The van der Waals surface area contributed by atoms with Crippen molar-refractivity contribution in [2.24, 2.45) is 5.73 Å². The van der Waals surface area contributed by atoms with Crippen LogP contribution in [-0.2, 0) is 14.3 Å². The Morgan fingerprint density at radius 3 is 2.60 bits per heavy atom. The Morgan fingerprint density at radius 2 is 2.20 bits per heavy atom. The Morgan fingerprint density at radius 1 is 1.60 bits per heavy atom. The maximum Gasteiger partial charge on any atom is 0.332 e. The van der Waals surface area contributed by atoms with Gasteiger partial charge in [0.15, 0.2) is 0 Å². The molecular weight excluding hydrogens is 134 g/mol. The van der Waals surface area contributed by atoms with Crippen LogP contribution < -0.4 is 5.73 Å². The minimum absolute atomic E-state index is 0.245. The molecule has 4 heteroatoms. The van der Waals surface area contributed by atoms with E-state index in [1.54, 1.807) is 0 Å². The predicted octanol–water partition coefficient (Wildman–Crippen LogP) is -0.352. The number of rotatable bonds is 3. The van der Waals surface area contributed by atoms with Crippen molar-refractivity contribution in [1.82, 2.24) is 0 Å². The molecule has 0 aliphatic heterocycles. The van der Waals surface area contributed by atoms with Crippen LogP contribution in [-0.4, -0.2) is 26.8 Å². The Bertz CT molecular complexity index is 142. The van der Waals surface area contributed by atoms with Gasteiger partial charge in [0.1, 0.15) is 0 Å².